The molecule has 0 aliphatic rings. The van der Waals surface area contributed by atoms with Crippen molar-refractivity contribution < 1.29 is 40.5 Å². The molecule has 7 heteroatoms. The van der Waals surface area contributed by atoms with Gasteiger partial charge in [-0.3, -0.25) is 4.99 Å². The summed E-state index contributed by atoms with van der Waals surface area (Å²) in [6.07, 6.45) is -3.37. The summed E-state index contributed by atoms with van der Waals surface area (Å²) in [5, 5.41) is 21.5. The molecule has 3 aromatic rings. The smallest absolute Gasteiger partial charge is 0.416 e. The molecule has 161 valence electrons. The number of nitrogens with zero attached hydrogens (tertiary/aromatic N) is 1. The molecule has 1 atom stereocenters. The van der Waals surface area contributed by atoms with Crippen LogP contribution in [0.4, 0.5) is 13.2 Å². The number of rotatable bonds is 5. The van der Waals surface area contributed by atoms with Crippen molar-refractivity contribution in [1.29, 1.82) is 0 Å². The van der Waals surface area contributed by atoms with Crippen molar-refractivity contribution in [2.24, 2.45) is 4.99 Å². The fourth-order valence-corrected chi connectivity index (χ4v) is 3.17. The molecule has 0 saturated carbocycles. The van der Waals surface area contributed by atoms with E-state index in [0.717, 1.165) is 24.4 Å². The van der Waals surface area contributed by atoms with Gasteiger partial charge in [0.2, 0.25) is 0 Å². The molecule has 0 saturated heterocycles. The van der Waals surface area contributed by atoms with Crippen LogP contribution >= 0.6 is 0 Å². The van der Waals surface area contributed by atoms with Crippen molar-refractivity contribution in [1.82, 2.24) is 0 Å². The van der Waals surface area contributed by atoms with Gasteiger partial charge in [-0.05, 0) is 36.2 Å². The summed E-state index contributed by atoms with van der Waals surface area (Å²) in [4.78, 5) is 4.30. The number of aromatic hydroxyl groups is 1. The Kier molecular flexibility index (Phi) is 7.48. The van der Waals surface area contributed by atoms with Gasteiger partial charge in [-0.25, -0.2) is 0 Å². The summed E-state index contributed by atoms with van der Waals surface area (Å²) >= 11 is 0. The molecule has 0 amide bonds. The van der Waals surface area contributed by atoms with Gasteiger partial charge in [0.1, 0.15) is 11.4 Å². The van der Waals surface area contributed by atoms with Crippen LogP contribution in [0.2, 0.25) is 0 Å². The first kappa shape index (κ1) is 23.7. The predicted octanol–water partition coefficient (Wildman–Crippen LogP) is 5.15. The standard InChI is InChI=1S/C23H20F3NO2.Cu/c1-16(27-15-17-14-20(23(24,25)26)12-13-21(17)28)22(29,18-8-4-2-5-9-18)19-10-6-3-7-11-19;/h2-16,28-29H,1H3;/t16-;/m1./s1. The Bertz CT molecular complexity index is 953. The molecule has 1 radical (unpaired) electrons. The first-order chi connectivity index (χ1) is 13.7. The Morgan fingerprint density at radius 3 is 1.80 bits per heavy atom. The number of hydrogen-bond donors (Lipinski definition) is 2. The van der Waals surface area contributed by atoms with Crippen LogP contribution < -0.4 is 0 Å². The normalized spacial score (nSPS) is 13.1. The second-order valence-electron chi connectivity index (χ2n) is 6.72. The summed E-state index contributed by atoms with van der Waals surface area (Å²) < 4.78 is 38.9. The number of halogens is 3. The van der Waals surface area contributed by atoms with Gasteiger partial charge < -0.3 is 10.2 Å². The van der Waals surface area contributed by atoms with E-state index >= 15 is 0 Å². The van der Waals surface area contributed by atoms with Crippen molar-refractivity contribution in [2.45, 2.75) is 24.7 Å². The molecule has 0 heterocycles. The number of aliphatic hydroxyl groups is 1. The van der Waals surface area contributed by atoms with Gasteiger partial charge in [0.15, 0.2) is 0 Å². The van der Waals surface area contributed by atoms with Gasteiger partial charge in [0.25, 0.3) is 0 Å². The van der Waals surface area contributed by atoms with E-state index in [-0.39, 0.29) is 28.4 Å². The molecule has 0 aromatic heterocycles. The summed E-state index contributed by atoms with van der Waals surface area (Å²) in [5.41, 5.74) is -1.26. The molecule has 0 unspecified atom stereocenters. The van der Waals surface area contributed by atoms with E-state index in [1.165, 1.54) is 0 Å². The number of alkyl halides is 3. The van der Waals surface area contributed by atoms with Crippen molar-refractivity contribution in [3.8, 4) is 5.75 Å². The van der Waals surface area contributed by atoms with E-state index in [2.05, 4.69) is 4.99 Å². The quantitative estimate of drug-likeness (QED) is 0.407. The van der Waals surface area contributed by atoms with E-state index in [0.29, 0.717) is 11.1 Å². The summed E-state index contributed by atoms with van der Waals surface area (Å²) in [7, 11) is 0. The Morgan fingerprint density at radius 2 is 1.33 bits per heavy atom. The van der Waals surface area contributed by atoms with Gasteiger partial charge in [-0.2, -0.15) is 13.2 Å². The maximum atomic E-state index is 13.0. The van der Waals surface area contributed by atoms with Crippen LogP contribution in [0, 0.1) is 0 Å². The SMILES string of the molecule is C[C@@H](N=Cc1cc(C(F)(F)F)ccc1O)C(O)(c1ccccc1)c1ccccc1.[Cu]. The second kappa shape index (κ2) is 9.47. The number of hydrogen-bond acceptors (Lipinski definition) is 3. The largest absolute Gasteiger partial charge is 0.507 e. The van der Waals surface area contributed by atoms with Crippen molar-refractivity contribution >= 4 is 6.21 Å². The minimum Gasteiger partial charge on any atom is -0.507 e. The van der Waals surface area contributed by atoms with Crippen molar-refractivity contribution in [2.75, 3.05) is 0 Å². The van der Waals surface area contributed by atoms with Crippen LogP contribution in [0.5, 0.6) is 5.75 Å². The van der Waals surface area contributed by atoms with Crippen LogP contribution in [0.1, 0.15) is 29.2 Å². The molecule has 0 spiro atoms. The van der Waals surface area contributed by atoms with Gasteiger partial charge >= 0.3 is 6.18 Å². The van der Waals surface area contributed by atoms with Crippen LogP contribution in [-0.4, -0.2) is 22.5 Å². The Labute approximate surface area is 183 Å². The molecule has 3 nitrogen and oxygen atoms in total. The fraction of sp³-hybridized carbons (Fsp3) is 0.174. The zero-order valence-corrected chi connectivity index (χ0v) is 16.9. The minimum atomic E-state index is -4.53. The molecule has 3 rings (SSSR count). The molecular formula is C23H20CuF3NO2. The maximum Gasteiger partial charge on any atom is 0.416 e. The molecule has 0 aliphatic carbocycles. The summed E-state index contributed by atoms with van der Waals surface area (Å²) in [6, 6.07) is 19.7. The summed E-state index contributed by atoms with van der Waals surface area (Å²) in [6.45, 7) is 1.67. The van der Waals surface area contributed by atoms with Crippen molar-refractivity contribution in [3.05, 3.63) is 101 Å². The minimum absolute atomic E-state index is 0. The zero-order valence-electron chi connectivity index (χ0n) is 15.9. The number of aliphatic imine (C=N–C) groups is 1. The van der Waals surface area contributed by atoms with Gasteiger partial charge in [0.05, 0.1) is 11.6 Å². The van der Waals surface area contributed by atoms with E-state index in [9.17, 15) is 23.4 Å². The maximum absolute atomic E-state index is 13.0. The average Bonchev–Trinajstić information content (AvgIpc) is 2.72. The van der Waals surface area contributed by atoms with E-state index in [1.54, 1.807) is 55.5 Å². The topological polar surface area (TPSA) is 52.8 Å². The molecule has 2 N–H and O–H groups in total. The molecule has 0 fully saturated rings. The molecular weight excluding hydrogens is 443 g/mol. The Morgan fingerprint density at radius 1 is 0.833 bits per heavy atom. The van der Waals surface area contributed by atoms with Gasteiger partial charge in [0, 0.05) is 28.8 Å². The van der Waals surface area contributed by atoms with E-state index in [1.807, 2.05) is 12.1 Å². The third kappa shape index (κ3) is 4.93. The number of phenols is 1. The summed E-state index contributed by atoms with van der Waals surface area (Å²) in [5.74, 6) is -0.322. The molecule has 30 heavy (non-hydrogen) atoms. The van der Waals surface area contributed by atoms with Crippen LogP contribution in [-0.2, 0) is 28.8 Å². The van der Waals surface area contributed by atoms with Crippen molar-refractivity contribution in [3.63, 3.8) is 0 Å². The first-order valence-corrected chi connectivity index (χ1v) is 8.99. The van der Waals surface area contributed by atoms with Crippen LogP contribution in [0.15, 0.2) is 83.9 Å². The second-order valence-corrected chi connectivity index (χ2v) is 6.72. The third-order valence-electron chi connectivity index (χ3n) is 4.82. The van der Waals surface area contributed by atoms with E-state index in [4.69, 9.17) is 0 Å². The first-order valence-electron chi connectivity index (χ1n) is 8.99. The van der Waals surface area contributed by atoms with Gasteiger partial charge in [-0.15, -0.1) is 0 Å². The van der Waals surface area contributed by atoms with Crippen LogP contribution in [0.3, 0.4) is 0 Å². The Balaban J connectivity index is 0.00000320. The van der Waals surface area contributed by atoms with Gasteiger partial charge in [-0.1, -0.05) is 60.7 Å². The Hall–Kier alpha value is -2.60. The predicted molar refractivity (Wildman–Crippen MR) is 106 cm³/mol. The third-order valence-corrected chi connectivity index (χ3v) is 4.82. The molecule has 3 aromatic carbocycles. The average molecular weight is 463 g/mol. The fourth-order valence-electron chi connectivity index (χ4n) is 3.17. The molecule has 0 bridgehead atoms. The zero-order chi connectivity index (χ0) is 21.1. The monoisotopic (exact) mass is 462 g/mol. The van der Waals surface area contributed by atoms with E-state index < -0.39 is 23.4 Å². The number of phenolic OH excluding ortho intramolecular Hbond substituents is 1. The number of benzene rings is 3. The van der Waals surface area contributed by atoms with Crippen LogP contribution in [0.25, 0.3) is 0 Å². The molecule has 0 aliphatic heterocycles.